The van der Waals surface area contributed by atoms with Crippen molar-refractivity contribution in [3.8, 4) is 10.7 Å². The molecule has 2 heterocycles. The van der Waals surface area contributed by atoms with E-state index in [-0.39, 0.29) is 29.7 Å². The van der Waals surface area contributed by atoms with Crippen LogP contribution in [0.5, 0.6) is 0 Å². The van der Waals surface area contributed by atoms with Gasteiger partial charge in [-0.3, -0.25) is 9.78 Å². The van der Waals surface area contributed by atoms with Crippen molar-refractivity contribution in [3.63, 3.8) is 0 Å². The lowest BCUT2D eigenvalue weighted by Gasteiger charge is -2.13. The summed E-state index contributed by atoms with van der Waals surface area (Å²) in [5.74, 6) is -3.71. The minimum atomic E-state index is -3.11. The lowest BCUT2D eigenvalue weighted by Crippen LogP contribution is -2.41. The second-order valence-corrected chi connectivity index (χ2v) is 5.02. The predicted octanol–water partition coefficient (Wildman–Crippen LogP) is 2.37. The van der Waals surface area contributed by atoms with Crippen LogP contribution in [0, 0.1) is 0 Å². The topological polar surface area (TPSA) is 80.9 Å². The van der Waals surface area contributed by atoms with Crippen molar-refractivity contribution in [2.75, 3.05) is 13.1 Å². The van der Waals surface area contributed by atoms with Crippen LogP contribution in [0.15, 0.2) is 30.6 Å². The molecule has 10 heteroatoms. The number of alkyl halides is 2. The number of carbonyl (C=O) groups is 1. The molecular weight excluding hydrogens is 357 g/mol. The predicted molar refractivity (Wildman–Crippen MR) is 86.2 cm³/mol. The van der Waals surface area contributed by atoms with Crippen molar-refractivity contribution in [1.82, 2.24) is 15.3 Å². The van der Waals surface area contributed by atoms with Gasteiger partial charge in [0, 0.05) is 6.20 Å². The summed E-state index contributed by atoms with van der Waals surface area (Å²) in [6, 6.07) is 5.31. The fraction of sp³-hybridized carbons (Fsp3) is 0.250. The smallest absolute Gasteiger partial charge is 0.277 e. The van der Waals surface area contributed by atoms with Crippen molar-refractivity contribution < 1.29 is 13.6 Å². The number of aromatic nitrogens is 2. The number of hydrogen-bond donors (Lipinski definition) is 2. The number of pyridine rings is 1. The molecule has 0 aliphatic heterocycles. The summed E-state index contributed by atoms with van der Waals surface area (Å²) in [5, 5.41) is 2.69. The monoisotopic (exact) mass is 370 g/mol. The van der Waals surface area contributed by atoms with E-state index in [0.29, 0.717) is 10.7 Å². The van der Waals surface area contributed by atoms with Gasteiger partial charge in [0.25, 0.3) is 11.8 Å². The minimum absolute atomic E-state index is 0. The van der Waals surface area contributed by atoms with Gasteiger partial charge in [-0.1, -0.05) is 6.07 Å². The molecule has 0 atom stereocenters. The first-order valence-corrected chi connectivity index (χ1v) is 6.57. The summed E-state index contributed by atoms with van der Waals surface area (Å²) in [6.45, 7) is -1.60. The van der Waals surface area contributed by atoms with Crippen molar-refractivity contribution in [2.45, 2.75) is 5.92 Å². The van der Waals surface area contributed by atoms with Gasteiger partial charge in [-0.05, 0) is 12.1 Å². The molecule has 0 fully saturated rings. The maximum atomic E-state index is 12.9. The summed E-state index contributed by atoms with van der Waals surface area (Å²) >= 11 is 1.09. The van der Waals surface area contributed by atoms with E-state index in [1.54, 1.807) is 24.4 Å². The molecule has 0 unspecified atom stereocenters. The number of carbonyl (C=O) groups excluding carboxylic acids is 1. The van der Waals surface area contributed by atoms with E-state index in [0.717, 1.165) is 11.3 Å². The molecule has 0 spiro atoms. The maximum Gasteiger partial charge on any atom is 0.277 e. The van der Waals surface area contributed by atoms with E-state index >= 15 is 0 Å². The first-order valence-electron chi connectivity index (χ1n) is 5.75. The van der Waals surface area contributed by atoms with Gasteiger partial charge in [0.05, 0.1) is 25.0 Å². The number of amides is 1. The number of nitrogens with two attached hydrogens (primary N) is 1. The summed E-state index contributed by atoms with van der Waals surface area (Å²) in [7, 11) is 0. The Morgan fingerprint density at radius 3 is 2.64 bits per heavy atom. The molecule has 122 valence electrons. The molecule has 0 bridgehead atoms. The number of nitrogens with one attached hydrogen (secondary N) is 1. The molecule has 2 rings (SSSR count). The normalized spacial score (nSPS) is 10.3. The molecule has 22 heavy (non-hydrogen) atoms. The van der Waals surface area contributed by atoms with Gasteiger partial charge in [0.15, 0.2) is 0 Å². The van der Waals surface area contributed by atoms with Gasteiger partial charge in [0.1, 0.15) is 9.88 Å². The highest BCUT2D eigenvalue weighted by Gasteiger charge is 2.27. The standard InChI is InChI=1S/C12H12F2N4OS.2ClH/c13-12(14,6-15)7-18-10(19)9-5-17-11(20-9)8-3-1-2-4-16-8;;/h1-5H,6-7,15H2,(H,18,19);2*1H. The van der Waals surface area contributed by atoms with Gasteiger partial charge >= 0.3 is 0 Å². The highest BCUT2D eigenvalue weighted by atomic mass is 35.5. The average molecular weight is 371 g/mol. The Kier molecular flexibility index (Phi) is 8.39. The summed E-state index contributed by atoms with van der Waals surface area (Å²) < 4.78 is 25.9. The molecule has 5 nitrogen and oxygen atoms in total. The van der Waals surface area contributed by atoms with Gasteiger partial charge in [-0.25, -0.2) is 13.8 Å². The molecule has 0 radical (unpaired) electrons. The first-order chi connectivity index (χ1) is 9.52. The second kappa shape index (κ2) is 8.94. The van der Waals surface area contributed by atoms with Gasteiger partial charge in [-0.15, -0.1) is 36.2 Å². The van der Waals surface area contributed by atoms with Crippen molar-refractivity contribution in [1.29, 1.82) is 0 Å². The second-order valence-electron chi connectivity index (χ2n) is 3.99. The third-order valence-electron chi connectivity index (χ3n) is 2.42. The average Bonchev–Trinajstić information content (AvgIpc) is 2.96. The van der Waals surface area contributed by atoms with Crippen LogP contribution in [0.3, 0.4) is 0 Å². The number of halogens is 4. The third-order valence-corrected chi connectivity index (χ3v) is 3.44. The highest BCUT2D eigenvalue weighted by Crippen LogP contribution is 2.23. The number of hydrogen-bond acceptors (Lipinski definition) is 5. The van der Waals surface area contributed by atoms with Crippen LogP contribution in [0.2, 0.25) is 0 Å². The fourth-order valence-corrected chi connectivity index (χ4v) is 2.16. The zero-order chi connectivity index (χ0) is 14.6. The Hall–Kier alpha value is -1.35. The zero-order valence-corrected chi connectivity index (χ0v) is 13.6. The molecule has 0 aromatic carbocycles. The van der Waals surface area contributed by atoms with Crippen molar-refractivity contribution >= 4 is 42.1 Å². The Balaban J connectivity index is 0.00000220. The van der Waals surface area contributed by atoms with Gasteiger partial charge in [-0.2, -0.15) is 0 Å². The fourth-order valence-electron chi connectivity index (χ4n) is 1.36. The lowest BCUT2D eigenvalue weighted by atomic mass is 10.3. The Morgan fingerprint density at radius 2 is 2.05 bits per heavy atom. The van der Waals surface area contributed by atoms with Crippen LogP contribution < -0.4 is 11.1 Å². The van der Waals surface area contributed by atoms with Crippen LogP contribution >= 0.6 is 36.2 Å². The van der Waals surface area contributed by atoms with Gasteiger partial charge < -0.3 is 11.1 Å². The maximum absolute atomic E-state index is 12.9. The first kappa shape index (κ1) is 20.6. The molecule has 1 amide bonds. The van der Waals surface area contributed by atoms with Crippen molar-refractivity contribution in [3.05, 3.63) is 35.5 Å². The highest BCUT2D eigenvalue weighted by molar-refractivity contribution is 7.16. The molecule has 2 aromatic heterocycles. The summed E-state index contributed by atoms with van der Waals surface area (Å²) in [6.07, 6.45) is 2.95. The summed E-state index contributed by atoms with van der Waals surface area (Å²) in [5.41, 5.74) is 5.52. The Morgan fingerprint density at radius 1 is 1.32 bits per heavy atom. The van der Waals surface area contributed by atoms with Crippen molar-refractivity contribution in [2.24, 2.45) is 5.73 Å². The van der Waals surface area contributed by atoms with Crippen LogP contribution in [0.4, 0.5) is 8.78 Å². The lowest BCUT2D eigenvalue weighted by molar-refractivity contribution is 0.0119. The number of nitrogens with zero attached hydrogens (tertiary/aromatic N) is 2. The number of rotatable bonds is 5. The summed E-state index contributed by atoms with van der Waals surface area (Å²) in [4.78, 5) is 20.1. The molecule has 0 saturated carbocycles. The molecule has 2 aromatic rings. The van der Waals surface area contributed by atoms with E-state index in [1.165, 1.54) is 6.20 Å². The van der Waals surface area contributed by atoms with Gasteiger partial charge in [0.2, 0.25) is 0 Å². The quantitative estimate of drug-likeness (QED) is 0.846. The van der Waals surface area contributed by atoms with E-state index in [9.17, 15) is 13.6 Å². The minimum Gasteiger partial charge on any atom is -0.345 e. The molecule has 0 saturated heterocycles. The van der Waals surface area contributed by atoms with Crippen LogP contribution in [-0.2, 0) is 0 Å². The zero-order valence-electron chi connectivity index (χ0n) is 11.2. The third kappa shape index (κ3) is 5.45. The molecular formula is C12H14Cl2F2N4OS. The number of thiazole rings is 1. The molecule has 0 aliphatic rings. The van der Waals surface area contributed by atoms with E-state index < -0.39 is 24.9 Å². The molecule has 0 aliphatic carbocycles. The van der Waals surface area contributed by atoms with E-state index in [2.05, 4.69) is 15.3 Å². The largest absolute Gasteiger partial charge is 0.345 e. The SMILES string of the molecule is Cl.Cl.NCC(F)(F)CNC(=O)c1cnc(-c2ccccn2)s1. The Bertz CT molecular complexity index is 598. The van der Waals surface area contributed by atoms with Crippen LogP contribution in [0.1, 0.15) is 9.67 Å². The van der Waals surface area contributed by atoms with Crippen LogP contribution in [-0.4, -0.2) is 34.9 Å². The van der Waals surface area contributed by atoms with E-state index in [1.807, 2.05) is 0 Å². The Labute approximate surface area is 142 Å². The van der Waals surface area contributed by atoms with Crippen LogP contribution in [0.25, 0.3) is 10.7 Å². The van der Waals surface area contributed by atoms with E-state index in [4.69, 9.17) is 5.73 Å². The molecule has 3 N–H and O–H groups in total.